The van der Waals surface area contributed by atoms with Crippen LogP contribution in [0.5, 0.6) is 0 Å². The van der Waals surface area contributed by atoms with E-state index >= 15 is 0 Å². The Morgan fingerprint density at radius 2 is 1.81 bits per heavy atom. The molecule has 1 aromatic heterocycles. The maximum Gasteiger partial charge on any atom is 0.137 e. The number of nitrogens with zero attached hydrogens (tertiary/aromatic N) is 2. The molecule has 112 valence electrons. The topological polar surface area (TPSA) is 37.8 Å². The van der Waals surface area contributed by atoms with Crippen molar-refractivity contribution in [3.8, 4) is 0 Å². The second-order valence-electron chi connectivity index (χ2n) is 5.75. The van der Waals surface area contributed by atoms with E-state index in [2.05, 4.69) is 36.1 Å². The van der Waals surface area contributed by atoms with Crippen molar-refractivity contribution >= 4 is 17.6 Å². The largest absolute Gasteiger partial charge is 0.370 e. The van der Waals surface area contributed by atoms with E-state index in [-0.39, 0.29) is 11.2 Å². The van der Waals surface area contributed by atoms with Gasteiger partial charge in [0, 0.05) is 22.9 Å². The standard InChI is InChI=1S/C16H20FN3S/c1-5-18-13-10-14(20-15(19-13)16(2,3)4)21-12-8-6-11(17)7-9-12/h6-10H,5H2,1-4H3,(H,18,19,20). The summed E-state index contributed by atoms with van der Waals surface area (Å²) in [6.45, 7) is 9.10. The normalized spacial score (nSPS) is 11.5. The van der Waals surface area contributed by atoms with Crippen LogP contribution in [0.3, 0.4) is 0 Å². The molecule has 0 bridgehead atoms. The molecule has 1 N–H and O–H groups in total. The van der Waals surface area contributed by atoms with Gasteiger partial charge < -0.3 is 5.32 Å². The van der Waals surface area contributed by atoms with Crippen LogP contribution >= 0.6 is 11.8 Å². The summed E-state index contributed by atoms with van der Waals surface area (Å²) in [6.07, 6.45) is 0. The van der Waals surface area contributed by atoms with Crippen LogP contribution in [0.2, 0.25) is 0 Å². The number of benzene rings is 1. The van der Waals surface area contributed by atoms with E-state index in [4.69, 9.17) is 0 Å². The molecule has 1 aromatic carbocycles. The van der Waals surface area contributed by atoms with Gasteiger partial charge in [0.2, 0.25) is 0 Å². The van der Waals surface area contributed by atoms with Gasteiger partial charge in [0.05, 0.1) is 0 Å². The van der Waals surface area contributed by atoms with Gasteiger partial charge in [-0.1, -0.05) is 32.5 Å². The predicted octanol–water partition coefficient (Wildman–Crippen LogP) is 4.50. The molecule has 0 unspecified atom stereocenters. The lowest BCUT2D eigenvalue weighted by atomic mass is 9.96. The molecular weight excluding hydrogens is 285 g/mol. The highest BCUT2D eigenvalue weighted by molar-refractivity contribution is 7.99. The molecule has 0 fully saturated rings. The zero-order chi connectivity index (χ0) is 15.5. The summed E-state index contributed by atoms with van der Waals surface area (Å²) in [6, 6.07) is 8.35. The van der Waals surface area contributed by atoms with E-state index in [0.717, 1.165) is 28.1 Å². The van der Waals surface area contributed by atoms with Crippen LogP contribution in [0.25, 0.3) is 0 Å². The molecule has 2 aromatic rings. The molecule has 0 saturated carbocycles. The van der Waals surface area contributed by atoms with Crippen molar-refractivity contribution in [3.05, 3.63) is 42.0 Å². The minimum atomic E-state index is -0.231. The summed E-state index contributed by atoms with van der Waals surface area (Å²) in [7, 11) is 0. The first-order chi connectivity index (χ1) is 9.88. The lowest BCUT2D eigenvalue weighted by Gasteiger charge is -2.18. The van der Waals surface area contributed by atoms with Gasteiger partial charge in [-0.2, -0.15) is 0 Å². The average molecular weight is 305 g/mol. The lowest BCUT2D eigenvalue weighted by molar-refractivity contribution is 0.539. The van der Waals surface area contributed by atoms with Crippen molar-refractivity contribution in [3.63, 3.8) is 0 Å². The minimum absolute atomic E-state index is 0.121. The molecule has 3 nitrogen and oxygen atoms in total. The molecule has 0 spiro atoms. The van der Waals surface area contributed by atoms with Gasteiger partial charge in [-0.25, -0.2) is 14.4 Å². The fourth-order valence-electron chi connectivity index (χ4n) is 1.71. The Morgan fingerprint density at radius 3 is 2.38 bits per heavy atom. The fourth-order valence-corrected chi connectivity index (χ4v) is 2.52. The molecule has 0 amide bonds. The first-order valence-corrected chi connectivity index (χ1v) is 7.77. The number of hydrogen-bond acceptors (Lipinski definition) is 4. The molecule has 0 aliphatic heterocycles. The quantitative estimate of drug-likeness (QED) is 0.844. The summed E-state index contributed by atoms with van der Waals surface area (Å²) in [4.78, 5) is 10.1. The monoisotopic (exact) mass is 305 g/mol. The van der Waals surface area contributed by atoms with Crippen molar-refractivity contribution < 1.29 is 4.39 Å². The van der Waals surface area contributed by atoms with Crippen molar-refractivity contribution in [2.24, 2.45) is 0 Å². The Bertz CT molecular complexity index is 606. The Kier molecular flexibility index (Phi) is 4.83. The highest BCUT2D eigenvalue weighted by atomic mass is 32.2. The number of halogens is 1. The van der Waals surface area contributed by atoms with Crippen molar-refractivity contribution in [1.29, 1.82) is 0 Å². The Hall–Kier alpha value is -1.62. The van der Waals surface area contributed by atoms with E-state index < -0.39 is 0 Å². The van der Waals surface area contributed by atoms with E-state index in [9.17, 15) is 4.39 Å². The highest BCUT2D eigenvalue weighted by Gasteiger charge is 2.19. The third-order valence-electron chi connectivity index (χ3n) is 2.77. The molecule has 2 rings (SSSR count). The van der Waals surface area contributed by atoms with Crippen LogP contribution in [0, 0.1) is 5.82 Å². The first kappa shape index (κ1) is 15.8. The summed E-state index contributed by atoms with van der Waals surface area (Å²) < 4.78 is 13.0. The number of nitrogens with one attached hydrogen (secondary N) is 1. The second kappa shape index (κ2) is 6.43. The number of aromatic nitrogens is 2. The Balaban J connectivity index is 2.33. The zero-order valence-corrected chi connectivity index (χ0v) is 13.6. The molecular formula is C16H20FN3S. The highest BCUT2D eigenvalue weighted by Crippen LogP contribution is 2.30. The molecule has 0 radical (unpaired) electrons. The predicted molar refractivity (Wildman–Crippen MR) is 85.4 cm³/mol. The van der Waals surface area contributed by atoms with Crippen LogP contribution in [0.15, 0.2) is 40.3 Å². The molecule has 0 aliphatic rings. The Morgan fingerprint density at radius 1 is 1.14 bits per heavy atom. The first-order valence-electron chi connectivity index (χ1n) is 6.95. The smallest absolute Gasteiger partial charge is 0.137 e. The summed E-state index contributed by atoms with van der Waals surface area (Å²) in [5, 5.41) is 4.09. The second-order valence-corrected chi connectivity index (χ2v) is 6.85. The van der Waals surface area contributed by atoms with Crippen LogP contribution < -0.4 is 5.32 Å². The third kappa shape index (κ3) is 4.43. The van der Waals surface area contributed by atoms with Gasteiger partial charge in [0.25, 0.3) is 0 Å². The van der Waals surface area contributed by atoms with Crippen LogP contribution in [0.1, 0.15) is 33.5 Å². The SMILES string of the molecule is CCNc1cc(Sc2ccc(F)cc2)nc(C(C)(C)C)n1. The lowest BCUT2D eigenvalue weighted by Crippen LogP contribution is -2.17. The van der Waals surface area contributed by atoms with Crippen LogP contribution in [0.4, 0.5) is 10.2 Å². The number of hydrogen-bond donors (Lipinski definition) is 1. The maximum atomic E-state index is 13.0. The minimum Gasteiger partial charge on any atom is -0.370 e. The van der Waals surface area contributed by atoms with E-state index in [0.29, 0.717) is 0 Å². The van der Waals surface area contributed by atoms with Gasteiger partial charge in [-0.15, -0.1) is 0 Å². The van der Waals surface area contributed by atoms with Gasteiger partial charge in [0.1, 0.15) is 22.5 Å². The zero-order valence-electron chi connectivity index (χ0n) is 12.8. The molecule has 0 aliphatic carbocycles. The van der Waals surface area contributed by atoms with Crippen molar-refractivity contribution in [2.45, 2.75) is 43.0 Å². The van der Waals surface area contributed by atoms with E-state index in [1.807, 2.05) is 13.0 Å². The number of rotatable bonds is 4. The summed E-state index contributed by atoms with van der Waals surface area (Å²) in [5.41, 5.74) is -0.121. The van der Waals surface area contributed by atoms with E-state index in [1.165, 1.54) is 23.9 Å². The van der Waals surface area contributed by atoms with Gasteiger partial charge in [-0.05, 0) is 31.2 Å². The maximum absolute atomic E-state index is 13.0. The third-order valence-corrected chi connectivity index (χ3v) is 3.69. The average Bonchev–Trinajstić information content (AvgIpc) is 2.41. The molecule has 0 saturated heterocycles. The molecule has 5 heteroatoms. The Labute approximate surface area is 129 Å². The van der Waals surface area contributed by atoms with Crippen molar-refractivity contribution in [1.82, 2.24) is 9.97 Å². The van der Waals surface area contributed by atoms with Crippen molar-refractivity contribution in [2.75, 3.05) is 11.9 Å². The van der Waals surface area contributed by atoms with Gasteiger partial charge in [0.15, 0.2) is 0 Å². The summed E-state index contributed by atoms with van der Waals surface area (Å²) >= 11 is 1.51. The van der Waals surface area contributed by atoms with Gasteiger partial charge >= 0.3 is 0 Å². The fraction of sp³-hybridized carbons (Fsp3) is 0.375. The van der Waals surface area contributed by atoms with Gasteiger partial charge in [-0.3, -0.25) is 0 Å². The number of anilines is 1. The van der Waals surface area contributed by atoms with Crippen LogP contribution in [-0.4, -0.2) is 16.5 Å². The molecule has 0 atom stereocenters. The molecule has 1 heterocycles. The molecule has 21 heavy (non-hydrogen) atoms. The summed E-state index contributed by atoms with van der Waals surface area (Å²) in [5.74, 6) is 1.39. The van der Waals surface area contributed by atoms with Crippen LogP contribution in [-0.2, 0) is 5.41 Å². The van der Waals surface area contributed by atoms with E-state index in [1.54, 1.807) is 12.1 Å².